The Morgan fingerprint density at radius 3 is 2.85 bits per heavy atom. The Bertz CT molecular complexity index is 1160. The normalized spacial score (nSPS) is 19.9. The number of nitrogens with one attached hydrogen (secondary N) is 1. The lowest BCUT2D eigenvalue weighted by Gasteiger charge is -2.36. The van der Waals surface area contributed by atoms with Crippen LogP contribution in [0.4, 0.5) is 4.39 Å². The fraction of sp³-hybridized carbons (Fsp3) is 0.280. The number of halogens is 3. The van der Waals surface area contributed by atoms with Gasteiger partial charge in [-0.3, -0.25) is 4.99 Å². The Kier molecular flexibility index (Phi) is 8.47. The SMILES string of the molecule is C=N/C=C(\C=C/C)N1CCN(SC2=CC(c3ncc(-c4ccc(Br)c(F)c4)[nH]3)=CCC2Cl)CC1. The van der Waals surface area contributed by atoms with Gasteiger partial charge < -0.3 is 9.88 Å². The molecule has 34 heavy (non-hydrogen) atoms. The second kappa shape index (κ2) is 11.5. The Morgan fingerprint density at radius 1 is 1.35 bits per heavy atom. The minimum atomic E-state index is -0.303. The summed E-state index contributed by atoms with van der Waals surface area (Å²) in [5, 5.41) is -0.0646. The number of hydrogen-bond donors (Lipinski definition) is 1. The lowest BCUT2D eigenvalue weighted by molar-refractivity contribution is 0.246. The van der Waals surface area contributed by atoms with E-state index in [-0.39, 0.29) is 11.2 Å². The van der Waals surface area contributed by atoms with Crippen LogP contribution in [0.15, 0.2) is 75.0 Å². The van der Waals surface area contributed by atoms with Crippen molar-refractivity contribution in [2.75, 3.05) is 26.2 Å². The summed E-state index contributed by atoms with van der Waals surface area (Å²) >= 11 is 11.6. The molecule has 0 spiro atoms. The zero-order valence-corrected chi connectivity index (χ0v) is 22.0. The molecule has 9 heteroatoms. The summed E-state index contributed by atoms with van der Waals surface area (Å²) in [5.41, 5.74) is 3.60. The third-order valence-electron chi connectivity index (χ3n) is 5.63. The number of allylic oxidation sites excluding steroid dienone is 6. The molecule has 1 unspecified atom stereocenters. The topological polar surface area (TPSA) is 47.5 Å². The molecule has 0 bridgehead atoms. The van der Waals surface area contributed by atoms with Crippen molar-refractivity contribution in [1.82, 2.24) is 19.2 Å². The van der Waals surface area contributed by atoms with Gasteiger partial charge in [-0.05, 0) is 72.2 Å². The van der Waals surface area contributed by atoms with Crippen molar-refractivity contribution in [3.8, 4) is 11.3 Å². The first-order valence-electron chi connectivity index (χ1n) is 11.0. The summed E-state index contributed by atoms with van der Waals surface area (Å²) in [5.74, 6) is 0.450. The second-order valence-corrected chi connectivity index (χ2v) is 10.5. The Labute approximate surface area is 217 Å². The van der Waals surface area contributed by atoms with Crippen LogP contribution >= 0.6 is 39.5 Å². The minimum Gasteiger partial charge on any atom is -0.368 e. The van der Waals surface area contributed by atoms with Crippen molar-refractivity contribution >= 4 is 51.8 Å². The van der Waals surface area contributed by atoms with Crippen LogP contribution in [0.25, 0.3) is 16.8 Å². The minimum absolute atomic E-state index is 0.0646. The lowest BCUT2D eigenvalue weighted by atomic mass is 10.1. The van der Waals surface area contributed by atoms with E-state index in [2.05, 4.69) is 65.0 Å². The van der Waals surface area contributed by atoms with Gasteiger partial charge in [-0.1, -0.05) is 18.2 Å². The standard InChI is InChI=1S/C25H26BrClFN5S/c1-3-4-19(15-29-2)32-9-11-33(12-10-32)34-24-14-18(6-8-21(24)27)25-30-16-23(31-25)17-5-7-20(26)22(28)13-17/h3-7,13-16,21H,2,8-12H2,1H3,(H,30,31)/b4-3-,19-15+. The van der Waals surface area contributed by atoms with Crippen LogP contribution in [-0.2, 0) is 0 Å². The molecule has 1 N–H and O–H groups in total. The molecule has 4 rings (SSSR count). The maximum atomic E-state index is 13.9. The molecule has 0 amide bonds. The average molecular weight is 563 g/mol. The molecule has 1 atom stereocenters. The quantitative estimate of drug-likeness (QED) is 0.178. The summed E-state index contributed by atoms with van der Waals surface area (Å²) in [6, 6.07) is 5.04. The lowest BCUT2D eigenvalue weighted by Crippen LogP contribution is -2.42. The molecule has 1 aliphatic heterocycles. The van der Waals surface area contributed by atoms with Crippen LogP contribution < -0.4 is 0 Å². The maximum absolute atomic E-state index is 13.9. The molecule has 0 radical (unpaired) electrons. The first-order valence-corrected chi connectivity index (χ1v) is 13.0. The van der Waals surface area contributed by atoms with Crippen LogP contribution in [0.1, 0.15) is 19.2 Å². The number of rotatable bonds is 7. The van der Waals surface area contributed by atoms with E-state index in [9.17, 15) is 4.39 Å². The average Bonchev–Trinajstić information content (AvgIpc) is 3.33. The van der Waals surface area contributed by atoms with Crippen LogP contribution in [0.5, 0.6) is 0 Å². The number of aromatic nitrogens is 2. The zero-order valence-electron chi connectivity index (χ0n) is 18.8. The largest absolute Gasteiger partial charge is 0.368 e. The highest BCUT2D eigenvalue weighted by Crippen LogP contribution is 2.37. The predicted molar refractivity (Wildman–Crippen MR) is 145 cm³/mol. The highest BCUT2D eigenvalue weighted by Gasteiger charge is 2.24. The van der Waals surface area contributed by atoms with Gasteiger partial charge >= 0.3 is 0 Å². The van der Waals surface area contributed by atoms with Gasteiger partial charge in [-0.15, -0.1) is 11.6 Å². The Hall–Kier alpha value is -2.13. The third-order valence-corrected chi connectivity index (χ3v) is 8.05. The zero-order chi connectivity index (χ0) is 24.1. The van der Waals surface area contributed by atoms with E-state index in [1.54, 1.807) is 30.4 Å². The van der Waals surface area contributed by atoms with E-state index in [4.69, 9.17) is 11.6 Å². The van der Waals surface area contributed by atoms with Crippen molar-refractivity contribution in [3.05, 3.63) is 81.6 Å². The maximum Gasteiger partial charge on any atom is 0.138 e. The van der Waals surface area contributed by atoms with Crippen LogP contribution in [0, 0.1) is 5.82 Å². The van der Waals surface area contributed by atoms with Crippen molar-refractivity contribution < 1.29 is 4.39 Å². The van der Waals surface area contributed by atoms with Gasteiger partial charge in [0.15, 0.2) is 0 Å². The van der Waals surface area contributed by atoms with Crippen LogP contribution in [0.2, 0.25) is 0 Å². The number of piperazine rings is 1. The van der Waals surface area contributed by atoms with E-state index < -0.39 is 0 Å². The number of imidazole rings is 1. The number of aliphatic imine (C=N–C) groups is 1. The Morgan fingerprint density at radius 2 is 2.15 bits per heavy atom. The molecule has 2 heterocycles. The molecule has 2 aromatic rings. The van der Waals surface area contributed by atoms with Gasteiger partial charge in [-0.25, -0.2) is 13.7 Å². The van der Waals surface area contributed by atoms with E-state index in [0.29, 0.717) is 4.47 Å². The number of alkyl halides is 1. The first-order chi connectivity index (χ1) is 16.5. The van der Waals surface area contributed by atoms with Gasteiger partial charge in [0, 0.05) is 48.4 Å². The van der Waals surface area contributed by atoms with E-state index in [0.717, 1.165) is 65.9 Å². The molecule has 1 fully saturated rings. The van der Waals surface area contributed by atoms with Crippen molar-refractivity contribution in [3.63, 3.8) is 0 Å². The van der Waals surface area contributed by atoms with Gasteiger partial charge in [0.05, 0.1) is 27.4 Å². The summed E-state index contributed by atoms with van der Waals surface area (Å²) in [6.07, 6.45) is 12.6. The van der Waals surface area contributed by atoms with Gasteiger partial charge in [0.25, 0.3) is 0 Å². The molecule has 5 nitrogen and oxygen atoms in total. The summed E-state index contributed by atoms with van der Waals surface area (Å²) in [6.45, 7) is 9.23. The monoisotopic (exact) mass is 561 g/mol. The number of benzene rings is 1. The van der Waals surface area contributed by atoms with Gasteiger partial charge in [0.2, 0.25) is 0 Å². The number of H-pyrrole nitrogens is 1. The molecule has 178 valence electrons. The summed E-state index contributed by atoms with van der Waals surface area (Å²) in [4.78, 5) is 15.2. The molecule has 0 saturated carbocycles. The molecular weight excluding hydrogens is 537 g/mol. The van der Waals surface area contributed by atoms with Crippen LogP contribution in [-0.4, -0.2) is 57.4 Å². The van der Waals surface area contributed by atoms with Crippen LogP contribution in [0.3, 0.4) is 0 Å². The van der Waals surface area contributed by atoms with Crippen molar-refractivity contribution in [1.29, 1.82) is 0 Å². The number of aromatic amines is 1. The number of hydrogen-bond acceptors (Lipinski definition) is 5. The van der Waals surface area contributed by atoms with E-state index in [1.807, 2.05) is 19.1 Å². The molecule has 2 aliphatic rings. The highest BCUT2D eigenvalue weighted by molar-refractivity contribution is 9.10. The highest BCUT2D eigenvalue weighted by atomic mass is 79.9. The molecule has 1 aromatic carbocycles. The molecule has 1 aromatic heterocycles. The number of nitrogens with zero attached hydrogens (tertiary/aromatic N) is 4. The Balaban J connectivity index is 1.43. The van der Waals surface area contributed by atoms with E-state index in [1.165, 1.54) is 6.07 Å². The van der Waals surface area contributed by atoms with Crippen molar-refractivity contribution in [2.45, 2.75) is 18.7 Å². The van der Waals surface area contributed by atoms with E-state index >= 15 is 0 Å². The smallest absolute Gasteiger partial charge is 0.138 e. The second-order valence-electron chi connectivity index (χ2n) is 7.93. The fourth-order valence-corrected chi connectivity index (χ4v) is 5.41. The fourth-order valence-electron chi connectivity index (χ4n) is 3.86. The third kappa shape index (κ3) is 5.92. The molecule has 1 saturated heterocycles. The van der Waals surface area contributed by atoms with Gasteiger partial charge in [0.1, 0.15) is 11.6 Å². The summed E-state index contributed by atoms with van der Waals surface area (Å²) in [7, 11) is 0. The van der Waals surface area contributed by atoms with Gasteiger partial charge in [-0.2, -0.15) is 0 Å². The molecule has 1 aliphatic carbocycles. The summed E-state index contributed by atoms with van der Waals surface area (Å²) < 4.78 is 16.7. The van der Waals surface area contributed by atoms with Crippen molar-refractivity contribution in [2.24, 2.45) is 4.99 Å². The first kappa shape index (κ1) is 25.0. The predicted octanol–water partition coefficient (Wildman–Crippen LogP) is 6.64. The molecular formula is C25H26BrClFN5S.